The van der Waals surface area contributed by atoms with Gasteiger partial charge in [-0.2, -0.15) is 18.3 Å². The van der Waals surface area contributed by atoms with Crippen molar-refractivity contribution in [2.45, 2.75) is 58.7 Å². The third-order valence-electron chi connectivity index (χ3n) is 6.80. The van der Waals surface area contributed by atoms with Gasteiger partial charge in [-0.25, -0.2) is 4.98 Å². The maximum atomic E-state index is 13.4. The first-order valence-electron chi connectivity index (χ1n) is 12.5. The van der Waals surface area contributed by atoms with Crippen LogP contribution in [0.2, 0.25) is 0 Å². The number of rotatable bonds is 7. The summed E-state index contributed by atoms with van der Waals surface area (Å²) in [5, 5.41) is 5.21. The summed E-state index contributed by atoms with van der Waals surface area (Å²) in [5.41, 5.74) is 2.00. The highest BCUT2D eigenvalue weighted by atomic mass is 19.4. The molecule has 0 N–H and O–H groups in total. The van der Waals surface area contributed by atoms with Crippen LogP contribution in [-0.4, -0.2) is 49.4 Å². The van der Waals surface area contributed by atoms with Crippen LogP contribution in [0.4, 0.5) is 24.5 Å². The van der Waals surface area contributed by atoms with Crippen molar-refractivity contribution in [2.75, 3.05) is 30.1 Å². The van der Waals surface area contributed by atoms with Crippen molar-refractivity contribution in [1.29, 1.82) is 0 Å². The van der Waals surface area contributed by atoms with E-state index in [9.17, 15) is 18.0 Å². The van der Waals surface area contributed by atoms with E-state index in [2.05, 4.69) is 15.0 Å². The fraction of sp³-hybridized carbons (Fsp3) is 0.519. The van der Waals surface area contributed by atoms with Gasteiger partial charge in [0.1, 0.15) is 12.0 Å². The van der Waals surface area contributed by atoms with Crippen molar-refractivity contribution >= 4 is 23.4 Å². The number of carbonyl (C=O) groups excluding carboxylic acids is 1. The van der Waals surface area contributed by atoms with Gasteiger partial charge in [0.15, 0.2) is 0 Å². The number of aromatic nitrogens is 1. The number of ether oxygens (including phenoxy) is 1. The van der Waals surface area contributed by atoms with Crippen molar-refractivity contribution in [2.24, 2.45) is 16.9 Å². The van der Waals surface area contributed by atoms with E-state index < -0.39 is 23.8 Å². The number of benzene rings is 1. The largest absolute Gasteiger partial charge is 0.481 e. The van der Waals surface area contributed by atoms with Crippen LogP contribution in [0.15, 0.2) is 47.7 Å². The molecule has 1 fully saturated rings. The number of hydrazone groups is 1. The molecule has 3 heterocycles. The number of carbonyl (C=O) groups is 1. The summed E-state index contributed by atoms with van der Waals surface area (Å²) in [5.74, 6) is 0.278. The van der Waals surface area contributed by atoms with E-state index in [-0.39, 0.29) is 6.42 Å². The SMILES string of the molecule is CC.COc1cc(N2CCC(Cc3ccc(N4N=C(C(F)(F)F)C(C)[C@@H]4CC=O)cc3)CC2)ccn1. The molecule has 196 valence electrons. The first-order valence-corrected chi connectivity index (χ1v) is 12.5. The number of hydrogen-bond acceptors (Lipinski definition) is 6. The molecule has 1 unspecified atom stereocenters. The van der Waals surface area contributed by atoms with Crippen LogP contribution in [0.3, 0.4) is 0 Å². The van der Waals surface area contributed by atoms with E-state index >= 15 is 0 Å². The molecule has 0 spiro atoms. The Bertz CT molecular complexity index is 1020. The lowest BCUT2D eigenvalue weighted by molar-refractivity contribution is -0.108. The van der Waals surface area contributed by atoms with Gasteiger partial charge in [0.2, 0.25) is 5.88 Å². The Kier molecular flexibility index (Phi) is 9.34. The number of alkyl halides is 3. The molecule has 2 aliphatic heterocycles. The van der Waals surface area contributed by atoms with E-state index in [1.165, 1.54) is 11.9 Å². The fourth-order valence-electron chi connectivity index (χ4n) is 4.86. The molecular formula is C27H35F3N4O2. The Morgan fingerprint density at radius 3 is 2.33 bits per heavy atom. The van der Waals surface area contributed by atoms with Gasteiger partial charge in [-0.15, -0.1) is 0 Å². The van der Waals surface area contributed by atoms with E-state index in [1.807, 2.05) is 38.1 Å². The normalized spacial score (nSPS) is 20.5. The van der Waals surface area contributed by atoms with E-state index in [1.54, 1.807) is 25.4 Å². The fourth-order valence-corrected chi connectivity index (χ4v) is 4.86. The predicted octanol–water partition coefficient (Wildman–Crippen LogP) is 5.91. The summed E-state index contributed by atoms with van der Waals surface area (Å²) < 4.78 is 45.3. The molecule has 6 nitrogen and oxygen atoms in total. The van der Waals surface area contributed by atoms with Crippen LogP contribution < -0.4 is 14.6 Å². The first kappa shape index (κ1) is 27.5. The highest BCUT2D eigenvalue weighted by Gasteiger charge is 2.48. The molecule has 1 aromatic heterocycles. The van der Waals surface area contributed by atoms with Gasteiger partial charge in [0, 0.05) is 43.4 Å². The van der Waals surface area contributed by atoms with Gasteiger partial charge in [0.25, 0.3) is 0 Å². The molecule has 2 atom stereocenters. The summed E-state index contributed by atoms with van der Waals surface area (Å²) in [4.78, 5) is 17.6. The zero-order valence-electron chi connectivity index (χ0n) is 21.3. The summed E-state index contributed by atoms with van der Waals surface area (Å²) >= 11 is 0. The number of anilines is 2. The lowest BCUT2D eigenvalue weighted by Gasteiger charge is -2.33. The lowest BCUT2D eigenvalue weighted by atomic mass is 9.90. The smallest absolute Gasteiger partial charge is 0.431 e. The Balaban J connectivity index is 0.00000176. The Hall–Kier alpha value is -3.10. The highest BCUT2D eigenvalue weighted by Crippen LogP contribution is 2.36. The quantitative estimate of drug-likeness (QED) is 0.439. The number of pyridine rings is 1. The molecule has 0 amide bonds. The minimum Gasteiger partial charge on any atom is -0.481 e. The molecular weight excluding hydrogens is 469 g/mol. The molecule has 2 aromatic rings. The van der Waals surface area contributed by atoms with Crippen LogP contribution in [0.25, 0.3) is 0 Å². The van der Waals surface area contributed by atoms with Gasteiger partial charge >= 0.3 is 6.18 Å². The maximum absolute atomic E-state index is 13.4. The average Bonchev–Trinajstić information content (AvgIpc) is 3.23. The molecule has 9 heteroatoms. The average molecular weight is 505 g/mol. The predicted molar refractivity (Wildman–Crippen MR) is 137 cm³/mol. The van der Waals surface area contributed by atoms with Crippen molar-refractivity contribution in [3.63, 3.8) is 0 Å². The Morgan fingerprint density at radius 1 is 1.08 bits per heavy atom. The third-order valence-corrected chi connectivity index (χ3v) is 6.80. The maximum Gasteiger partial charge on any atom is 0.431 e. The van der Waals surface area contributed by atoms with E-state index in [0.29, 0.717) is 23.8 Å². The van der Waals surface area contributed by atoms with Crippen LogP contribution in [-0.2, 0) is 11.2 Å². The lowest BCUT2D eigenvalue weighted by Crippen LogP contribution is -2.35. The summed E-state index contributed by atoms with van der Waals surface area (Å²) in [6.07, 6.45) is 0.919. The molecule has 0 bridgehead atoms. The van der Waals surface area contributed by atoms with Crippen LogP contribution >= 0.6 is 0 Å². The van der Waals surface area contributed by atoms with Crippen molar-refractivity contribution in [3.8, 4) is 5.88 Å². The van der Waals surface area contributed by atoms with Crippen molar-refractivity contribution in [1.82, 2.24) is 4.98 Å². The zero-order chi connectivity index (χ0) is 26.3. The minimum absolute atomic E-state index is 0.00603. The highest BCUT2D eigenvalue weighted by molar-refractivity contribution is 5.95. The van der Waals surface area contributed by atoms with E-state index in [4.69, 9.17) is 4.74 Å². The minimum atomic E-state index is -4.51. The number of nitrogens with zero attached hydrogens (tertiary/aromatic N) is 4. The second-order valence-electron chi connectivity index (χ2n) is 8.94. The van der Waals surface area contributed by atoms with Crippen molar-refractivity contribution in [3.05, 3.63) is 48.2 Å². The van der Waals surface area contributed by atoms with Crippen LogP contribution in [0, 0.1) is 11.8 Å². The number of aldehydes is 1. The topological polar surface area (TPSA) is 58.0 Å². The molecule has 4 rings (SSSR count). The summed E-state index contributed by atoms with van der Waals surface area (Å²) in [6.45, 7) is 7.37. The number of hydrogen-bond donors (Lipinski definition) is 0. The van der Waals surface area contributed by atoms with Crippen LogP contribution in [0.5, 0.6) is 5.88 Å². The summed E-state index contributed by atoms with van der Waals surface area (Å²) in [6, 6.07) is 10.8. The number of methoxy groups -OCH3 is 1. The van der Waals surface area contributed by atoms with Gasteiger partial charge in [0.05, 0.1) is 18.8 Å². The van der Waals surface area contributed by atoms with Crippen molar-refractivity contribution < 1.29 is 22.7 Å². The molecule has 1 aromatic carbocycles. The van der Waals surface area contributed by atoms with Gasteiger partial charge < -0.3 is 14.4 Å². The molecule has 36 heavy (non-hydrogen) atoms. The van der Waals surface area contributed by atoms with Gasteiger partial charge in [-0.3, -0.25) is 5.01 Å². The molecule has 0 saturated carbocycles. The molecule has 1 saturated heterocycles. The number of piperidine rings is 1. The first-order chi connectivity index (χ1) is 17.3. The second kappa shape index (κ2) is 12.2. The standard InChI is InChI=1S/C25H29F3N4O2.C2H6/c1-17-22(10-14-33)32(30-24(17)25(26,27)28)20-5-3-18(4-6-20)15-19-8-12-31(13-9-19)21-7-11-29-23(16-21)34-2;1-2/h3-7,11,14,16-17,19,22H,8-10,12-13,15H2,1-2H3;1-2H3/t17?,22-;/m0./s1. The number of halogens is 3. The Morgan fingerprint density at radius 2 is 1.75 bits per heavy atom. The molecule has 2 aliphatic rings. The van der Waals surface area contributed by atoms with Gasteiger partial charge in [-0.05, 0) is 48.9 Å². The third kappa shape index (κ3) is 6.36. The molecule has 0 radical (unpaired) electrons. The Labute approximate surface area is 211 Å². The second-order valence-corrected chi connectivity index (χ2v) is 8.94. The van der Waals surface area contributed by atoms with E-state index in [0.717, 1.165) is 43.6 Å². The van der Waals surface area contributed by atoms with Gasteiger partial charge in [-0.1, -0.05) is 32.9 Å². The van der Waals surface area contributed by atoms with Crippen LogP contribution in [0.1, 0.15) is 45.6 Å². The monoisotopic (exact) mass is 504 g/mol. The molecule has 0 aliphatic carbocycles. The summed E-state index contributed by atoms with van der Waals surface area (Å²) in [7, 11) is 1.61. The zero-order valence-corrected chi connectivity index (χ0v) is 21.3.